The third-order valence-corrected chi connectivity index (χ3v) is 20.2. The summed E-state index contributed by atoms with van der Waals surface area (Å²) in [4.78, 5) is 0. The quantitative estimate of drug-likeness (QED) is 0.130. The lowest BCUT2D eigenvalue weighted by Gasteiger charge is -2.14. The minimum absolute atomic E-state index is 1.15. The van der Waals surface area contributed by atoms with E-state index in [4.69, 9.17) is 0 Å². The number of aromatic nitrogens is 4. The van der Waals surface area contributed by atoms with Crippen LogP contribution in [0.15, 0.2) is 388 Å². The van der Waals surface area contributed by atoms with Crippen molar-refractivity contribution in [1.82, 2.24) is 18.3 Å². The summed E-state index contributed by atoms with van der Waals surface area (Å²) in [7, 11) is 0. The molecule has 4 nitrogen and oxygen atoms in total. The zero-order chi connectivity index (χ0) is 66.0. The van der Waals surface area contributed by atoms with Crippen molar-refractivity contribution in [3.8, 4) is 89.5 Å². The summed E-state index contributed by atoms with van der Waals surface area (Å²) in [6, 6.07) is 141. The van der Waals surface area contributed by atoms with E-state index in [0.717, 1.165) is 5.69 Å². The fourth-order valence-corrected chi connectivity index (χ4v) is 15.5. The molecule has 0 fully saturated rings. The fraction of sp³-hybridized carbons (Fsp3) is 0. The Bertz CT molecular complexity index is 6260. The van der Waals surface area contributed by atoms with Gasteiger partial charge in [-0.1, -0.05) is 249 Å². The van der Waals surface area contributed by atoms with Gasteiger partial charge in [0.2, 0.25) is 0 Å². The van der Waals surface area contributed by atoms with Crippen molar-refractivity contribution in [2.45, 2.75) is 0 Å². The van der Waals surface area contributed by atoms with Gasteiger partial charge in [-0.2, -0.15) is 0 Å². The fourth-order valence-electron chi connectivity index (χ4n) is 15.5. The highest BCUT2D eigenvalue weighted by Crippen LogP contribution is 2.43. The minimum Gasteiger partial charge on any atom is -0.309 e. The average molecular weight is 1270 g/mol. The molecule has 0 N–H and O–H groups in total. The highest BCUT2D eigenvalue weighted by molar-refractivity contribution is 6.14. The van der Waals surface area contributed by atoms with Crippen molar-refractivity contribution in [3.63, 3.8) is 0 Å². The molecule has 100 heavy (non-hydrogen) atoms. The molecule has 16 aromatic carbocycles. The molecule has 0 amide bonds. The van der Waals surface area contributed by atoms with E-state index in [-0.39, 0.29) is 0 Å². The molecule has 4 aromatic heterocycles. The van der Waals surface area contributed by atoms with E-state index in [2.05, 4.69) is 407 Å². The van der Waals surface area contributed by atoms with Crippen LogP contribution in [-0.2, 0) is 0 Å². The van der Waals surface area contributed by atoms with Gasteiger partial charge in [-0.25, -0.2) is 0 Å². The number of para-hydroxylation sites is 7. The average Bonchev–Trinajstić information content (AvgIpc) is 1.61. The van der Waals surface area contributed by atoms with Crippen molar-refractivity contribution in [3.05, 3.63) is 388 Å². The number of nitrogens with zero attached hydrogens (tertiary/aromatic N) is 4. The van der Waals surface area contributed by atoms with Gasteiger partial charge in [-0.3, -0.25) is 0 Å². The molecule has 468 valence electrons. The number of hydrogen-bond donors (Lipinski definition) is 0. The van der Waals surface area contributed by atoms with E-state index in [9.17, 15) is 0 Å². The van der Waals surface area contributed by atoms with Crippen molar-refractivity contribution in [2.75, 3.05) is 0 Å². The van der Waals surface area contributed by atoms with Gasteiger partial charge >= 0.3 is 0 Å². The zero-order valence-corrected chi connectivity index (χ0v) is 54.7. The van der Waals surface area contributed by atoms with Crippen LogP contribution in [0.25, 0.3) is 177 Å². The van der Waals surface area contributed by atoms with E-state index in [1.165, 1.54) is 171 Å². The van der Waals surface area contributed by atoms with Gasteiger partial charge in [0.1, 0.15) is 0 Å². The third-order valence-electron chi connectivity index (χ3n) is 20.2. The van der Waals surface area contributed by atoms with Crippen LogP contribution < -0.4 is 0 Å². The molecule has 0 bridgehead atoms. The first-order chi connectivity index (χ1) is 49.6. The molecule has 0 atom stereocenters. The summed E-state index contributed by atoms with van der Waals surface area (Å²) < 4.78 is 9.54. The second-order valence-corrected chi connectivity index (χ2v) is 26.0. The Balaban J connectivity index is 0.000000143. The Morgan fingerprint density at radius 2 is 0.320 bits per heavy atom. The van der Waals surface area contributed by atoms with Crippen molar-refractivity contribution in [2.24, 2.45) is 0 Å². The summed E-state index contributed by atoms with van der Waals surface area (Å²) in [6.07, 6.45) is 0. The summed E-state index contributed by atoms with van der Waals surface area (Å²) >= 11 is 0. The van der Waals surface area contributed by atoms with Crippen LogP contribution in [0.5, 0.6) is 0 Å². The molecule has 0 aliphatic heterocycles. The van der Waals surface area contributed by atoms with Crippen LogP contribution in [0.3, 0.4) is 0 Å². The molecule has 0 aliphatic carbocycles. The van der Waals surface area contributed by atoms with E-state index >= 15 is 0 Å². The number of rotatable bonds is 10. The van der Waals surface area contributed by atoms with E-state index < -0.39 is 0 Å². The number of fused-ring (bicyclic) bond motifs is 12. The molecule has 4 heterocycles. The molecule has 0 unspecified atom stereocenters. The Morgan fingerprint density at radius 3 is 0.610 bits per heavy atom. The molecule has 0 saturated carbocycles. The van der Waals surface area contributed by atoms with Gasteiger partial charge in [-0.15, -0.1) is 0 Å². The van der Waals surface area contributed by atoms with Crippen LogP contribution in [0.1, 0.15) is 0 Å². The SMILES string of the molecule is c1ccc(-c2cc(-c3ccccc3)cc(-n3c4ccccc4c4cc(-c5cccc(-c6ccc7c(c6)c6ccccc6n7-c6ccccc6)c5)ccc43)c2)cc1.c1ccc(-n2c3ccccc3c3cc(-c4cccc(-c5ccc6c(c5)c5ccccc5n6-c5ccccc5)c4)ccc32)cc1. The molecule has 20 aromatic rings. The Kier molecular flexibility index (Phi) is 14.2. The molecule has 20 rings (SSSR count). The normalized spacial score (nSPS) is 11.6. The zero-order valence-electron chi connectivity index (χ0n) is 54.7. The molecular weight excluding hydrogens is 1210 g/mol. The van der Waals surface area contributed by atoms with E-state index in [1.807, 2.05) is 0 Å². The van der Waals surface area contributed by atoms with Crippen molar-refractivity contribution >= 4 is 87.2 Å². The lowest BCUT2D eigenvalue weighted by atomic mass is 9.97. The monoisotopic (exact) mass is 1270 g/mol. The second-order valence-electron chi connectivity index (χ2n) is 26.0. The van der Waals surface area contributed by atoms with Gasteiger partial charge in [-0.05, 0) is 206 Å². The maximum atomic E-state index is 2.44. The van der Waals surface area contributed by atoms with Crippen LogP contribution in [0, 0.1) is 0 Å². The van der Waals surface area contributed by atoms with Crippen molar-refractivity contribution < 1.29 is 0 Å². The highest BCUT2D eigenvalue weighted by Gasteiger charge is 2.20. The predicted octanol–water partition coefficient (Wildman–Crippen LogP) is 25.8. The lowest BCUT2D eigenvalue weighted by molar-refractivity contribution is 1.18. The summed E-state index contributed by atoms with van der Waals surface area (Å²) in [5, 5.41) is 10.1. The standard InChI is InChI=1S/C54H36N2.C42H28N2/c1-4-15-37(16-5-1)43-32-44(38-17-6-2-7-18-38)34-46(33-43)56-52-26-13-11-24-48(52)50-36-42(28-30-54(50)56)40-20-14-19-39(31-40)41-27-29-53-49(35-41)47-23-10-12-25-51(47)55(53)45-21-8-3-9-22-45;1-3-14-33(15-4-1)43-39-20-9-7-18-35(39)37-27-31(22-24-41(37)43)29-12-11-13-30(26-29)32-23-25-42-38(28-32)36-19-8-10-21-40(36)44(42)34-16-5-2-6-17-34/h1-36H;1-28H. The molecule has 0 saturated heterocycles. The molecular formula is C96H64N4. The molecule has 0 spiro atoms. The molecule has 0 aliphatic rings. The van der Waals surface area contributed by atoms with Gasteiger partial charge < -0.3 is 18.3 Å². The molecule has 0 radical (unpaired) electrons. The second kappa shape index (κ2) is 24.4. The first-order valence-corrected chi connectivity index (χ1v) is 34.4. The largest absolute Gasteiger partial charge is 0.309 e. The summed E-state index contributed by atoms with van der Waals surface area (Å²) in [5.41, 5.74) is 28.9. The Morgan fingerprint density at radius 1 is 0.110 bits per heavy atom. The van der Waals surface area contributed by atoms with Gasteiger partial charge in [0, 0.05) is 65.8 Å². The predicted molar refractivity (Wildman–Crippen MR) is 423 cm³/mol. The molecule has 4 heteroatoms. The van der Waals surface area contributed by atoms with Crippen LogP contribution in [0.4, 0.5) is 0 Å². The van der Waals surface area contributed by atoms with Gasteiger partial charge in [0.15, 0.2) is 0 Å². The Labute approximate surface area is 579 Å². The van der Waals surface area contributed by atoms with Gasteiger partial charge in [0.25, 0.3) is 0 Å². The van der Waals surface area contributed by atoms with E-state index in [1.54, 1.807) is 0 Å². The highest BCUT2D eigenvalue weighted by atomic mass is 15.0. The maximum absolute atomic E-state index is 2.44. The minimum atomic E-state index is 1.15. The first kappa shape index (κ1) is 58.1. The summed E-state index contributed by atoms with van der Waals surface area (Å²) in [5.74, 6) is 0. The third kappa shape index (κ3) is 10.1. The Hall–Kier alpha value is -13.3. The van der Waals surface area contributed by atoms with Crippen LogP contribution in [0.2, 0.25) is 0 Å². The van der Waals surface area contributed by atoms with Crippen LogP contribution in [-0.4, -0.2) is 18.3 Å². The topological polar surface area (TPSA) is 19.7 Å². The van der Waals surface area contributed by atoms with Gasteiger partial charge in [0.05, 0.1) is 44.1 Å². The van der Waals surface area contributed by atoms with Crippen molar-refractivity contribution in [1.29, 1.82) is 0 Å². The summed E-state index contributed by atoms with van der Waals surface area (Å²) in [6.45, 7) is 0. The number of benzene rings is 16. The van der Waals surface area contributed by atoms with Crippen LogP contribution >= 0.6 is 0 Å². The lowest BCUT2D eigenvalue weighted by Crippen LogP contribution is -1.96. The smallest absolute Gasteiger partial charge is 0.0541 e. The first-order valence-electron chi connectivity index (χ1n) is 34.4. The van der Waals surface area contributed by atoms with E-state index in [0.29, 0.717) is 0 Å². The number of hydrogen-bond acceptors (Lipinski definition) is 0. The maximum Gasteiger partial charge on any atom is 0.0541 e.